The zero-order chi connectivity index (χ0) is 23.8. The minimum atomic E-state index is -1.37. The van der Waals surface area contributed by atoms with Crippen molar-refractivity contribution >= 4 is 51.3 Å². The van der Waals surface area contributed by atoms with Crippen LogP contribution in [0.15, 0.2) is 23.2 Å². The molecule has 1 amide bonds. The fourth-order valence-electron chi connectivity index (χ4n) is 5.55. The second-order valence-corrected chi connectivity index (χ2v) is 10.7. The Labute approximate surface area is 198 Å². The SMILES string of the molecule is CSc1c2sc(C3=C(C(=O)[O-])N4C(=O)[C@H]([C@@H](C)O)[C@H]4[C@H]3C)c[n+]2cn1[C@H]1CCN(C(=N)N)C1. The largest absolute Gasteiger partial charge is 0.543 e. The topological polar surface area (TPSA) is 143 Å². The van der Waals surface area contributed by atoms with Gasteiger partial charge in [-0.3, -0.25) is 10.2 Å². The van der Waals surface area contributed by atoms with E-state index in [2.05, 4.69) is 4.57 Å². The molecule has 0 bridgehead atoms. The van der Waals surface area contributed by atoms with Crippen LogP contribution in [-0.2, 0) is 9.59 Å². The summed E-state index contributed by atoms with van der Waals surface area (Å²) in [5.74, 6) is -2.49. The molecule has 12 heteroatoms. The molecule has 2 fully saturated rings. The number of guanidine groups is 1. The van der Waals surface area contributed by atoms with E-state index in [0.29, 0.717) is 12.1 Å². The van der Waals surface area contributed by atoms with E-state index in [1.54, 1.807) is 18.7 Å². The number of carbonyl (C=O) groups is 2. The van der Waals surface area contributed by atoms with Gasteiger partial charge in [0, 0.05) is 24.5 Å². The number of fused-ring (bicyclic) bond motifs is 2. The number of nitrogens with two attached hydrogens (primary N) is 1. The molecule has 2 aromatic rings. The summed E-state index contributed by atoms with van der Waals surface area (Å²) < 4.78 is 4.20. The molecule has 0 aliphatic carbocycles. The van der Waals surface area contributed by atoms with Gasteiger partial charge in [-0.2, -0.15) is 4.40 Å². The van der Waals surface area contributed by atoms with Gasteiger partial charge in [-0.15, -0.1) is 0 Å². The van der Waals surface area contributed by atoms with Gasteiger partial charge in [0.1, 0.15) is 12.2 Å². The van der Waals surface area contributed by atoms with Crippen molar-refractivity contribution in [2.45, 2.75) is 43.5 Å². The maximum atomic E-state index is 12.6. The zero-order valence-electron chi connectivity index (χ0n) is 18.5. The van der Waals surface area contributed by atoms with Crippen LogP contribution in [0, 0.1) is 17.2 Å². The van der Waals surface area contributed by atoms with Crippen molar-refractivity contribution in [2.24, 2.45) is 17.6 Å². The second kappa shape index (κ2) is 7.74. The summed E-state index contributed by atoms with van der Waals surface area (Å²) in [4.78, 5) is 29.6. The molecule has 2 saturated heterocycles. The molecule has 176 valence electrons. The van der Waals surface area contributed by atoms with E-state index in [9.17, 15) is 19.8 Å². The Kier molecular flexibility index (Phi) is 5.22. The molecule has 0 spiro atoms. The van der Waals surface area contributed by atoms with Gasteiger partial charge >= 0.3 is 0 Å². The highest BCUT2D eigenvalue weighted by Crippen LogP contribution is 2.51. The molecule has 4 N–H and O–H groups in total. The Hall–Kier alpha value is -2.57. The molecule has 3 aliphatic rings. The highest BCUT2D eigenvalue weighted by Gasteiger charge is 2.59. The van der Waals surface area contributed by atoms with Crippen molar-refractivity contribution in [1.82, 2.24) is 14.4 Å². The van der Waals surface area contributed by atoms with Crippen LogP contribution in [0.5, 0.6) is 0 Å². The third kappa shape index (κ3) is 3.11. The van der Waals surface area contributed by atoms with Gasteiger partial charge in [0.25, 0.3) is 6.33 Å². The first-order valence-corrected chi connectivity index (χ1v) is 12.8. The van der Waals surface area contributed by atoms with Gasteiger partial charge in [-0.1, -0.05) is 30.0 Å². The molecule has 0 aromatic carbocycles. The van der Waals surface area contributed by atoms with Gasteiger partial charge in [0.2, 0.25) is 15.8 Å². The highest BCUT2D eigenvalue weighted by atomic mass is 32.2. The number of hydrogen-bond donors (Lipinski definition) is 3. The first kappa shape index (κ1) is 22.2. The summed E-state index contributed by atoms with van der Waals surface area (Å²) >= 11 is 3.11. The fraction of sp³-hybridized carbons (Fsp3) is 0.524. The number of thiazole rings is 1. The summed E-state index contributed by atoms with van der Waals surface area (Å²) in [5, 5.41) is 30.9. The van der Waals surface area contributed by atoms with Crippen LogP contribution < -0.4 is 15.2 Å². The van der Waals surface area contributed by atoms with Gasteiger partial charge < -0.3 is 30.5 Å². The van der Waals surface area contributed by atoms with E-state index >= 15 is 0 Å². The predicted octanol–water partition coefficient (Wildman–Crippen LogP) is -0.531. The van der Waals surface area contributed by atoms with Crippen molar-refractivity contribution in [3.05, 3.63) is 23.1 Å². The van der Waals surface area contributed by atoms with Crippen molar-refractivity contribution in [1.29, 1.82) is 5.41 Å². The van der Waals surface area contributed by atoms with Crippen molar-refractivity contribution in [2.75, 3.05) is 19.3 Å². The number of carboxylic acid groups (broad SMARTS) is 1. The van der Waals surface area contributed by atoms with Crippen molar-refractivity contribution in [3.63, 3.8) is 0 Å². The lowest BCUT2D eigenvalue weighted by Crippen LogP contribution is -2.64. The van der Waals surface area contributed by atoms with Crippen LogP contribution in [0.3, 0.4) is 0 Å². The zero-order valence-corrected chi connectivity index (χ0v) is 20.2. The quantitative estimate of drug-likeness (QED) is 0.168. The normalized spacial score (nSPS) is 27.9. The number of hydrogen-bond acceptors (Lipinski definition) is 7. The predicted molar refractivity (Wildman–Crippen MR) is 121 cm³/mol. The Morgan fingerprint density at radius 1 is 1.48 bits per heavy atom. The molecule has 3 aliphatic heterocycles. The number of rotatable bonds is 5. The lowest BCUT2D eigenvalue weighted by molar-refractivity contribution is -0.508. The van der Waals surface area contributed by atoms with Crippen LogP contribution in [0.4, 0.5) is 0 Å². The molecule has 5 rings (SSSR count). The lowest BCUT2D eigenvalue weighted by atomic mass is 9.77. The number of nitrogens with zero attached hydrogens (tertiary/aromatic N) is 4. The average molecular weight is 491 g/mol. The first-order chi connectivity index (χ1) is 15.6. The molecule has 33 heavy (non-hydrogen) atoms. The van der Waals surface area contributed by atoms with Crippen LogP contribution in [0.1, 0.15) is 31.2 Å². The second-order valence-electron chi connectivity index (χ2n) is 8.92. The minimum absolute atomic E-state index is 0.0784. The minimum Gasteiger partial charge on any atom is -0.543 e. The molecule has 5 heterocycles. The molecule has 0 unspecified atom stereocenters. The monoisotopic (exact) mass is 490 g/mol. The molecular formula is C21H26N6O4S2. The van der Waals surface area contributed by atoms with Crippen molar-refractivity contribution in [3.8, 4) is 0 Å². The van der Waals surface area contributed by atoms with Crippen LogP contribution in [0.25, 0.3) is 10.4 Å². The number of thioether (sulfide) groups is 1. The Bertz CT molecular complexity index is 1220. The number of carboxylic acids is 1. The summed E-state index contributed by atoms with van der Waals surface area (Å²) in [5.41, 5.74) is 6.17. The summed E-state index contributed by atoms with van der Waals surface area (Å²) in [6.45, 7) is 4.89. The Morgan fingerprint density at radius 2 is 2.21 bits per heavy atom. The van der Waals surface area contributed by atoms with E-state index in [1.165, 1.54) is 16.2 Å². The van der Waals surface area contributed by atoms with Gasteiger partial charge in [0.15, 0.2) is 5.96 Å². The summed E-state index contributed by atoms with van der Waals surface area (Å²) in [7, 11) is 0. The number of aliphatic hydroxyl groups excluding tert-OH is 1. The number of imidazole rings is 1. The number of aliphatic carboxylic acids is 1. The summed E-state index contributed by atoms with van der Waals surface area (Å²) in [6, 6.07) is -0.176. The maximum absolute atomic E-state index is 12.6. The molecule has 5 atom stereocenters. The van der Waals surface area contributed by atoms with Crippen LogP contribution in [-0.4, -0.2) is 68.8 Å². The smallest absolute Gasteiger partial charge is 0.250 e. The van der Waals surface area contributed by atoms with Crippen LogP contribution >= 0.6 is 23.1 Å². The van der Waals surface area contributed by atoms with E-state index < -0.39 is 18.0 Å². The number of β-lactam (4-membered cyclic amide) rings is 1. The number of aliphatic hydroxyl groups is 1. The van der Waals surface area contributed by atoms with Gasteiger partial charge in [0.05, 0.1) is 41.2 Å². The van der Waals surface area contributed by atoms with E-state index in [4.69, 9.17) is 11.1 Å². The number of nitrogens with one attached hydrogen (secondary N) is 1. The number of aromatic nitrogens is 2. The van der Waals surface area contributed by atoms with E-state index in [1.807, 2.05) is 35.0 Å². The Morgan fingerprint density at radius 3 is 2.79 bits per heavy atom. The van der Waals surface area contributed by atoms with Crippen LogP contribution in [0.2, 0.25) is 0 Å². The molecular weight excluding hydrogens is 464 g/mol. The van der Waals surface area contributed by atoms with Gasteiger partial charge in [-0.25, -0.2) is 4.57 Å². The van der Waals surface area contributed by atoms with E-state index in [-0.39, 0.29) is 35.6 Å². The van der Waals surface area contributed by atoms with Crippen molar-refractivity contribution < 1.29 is 24.2 Å². The van der Waals surface area contributed by atoms with E-state index in [0.717, 1.165) is 27.7 Å². The maximum Gasteiger partial charge on any atom is 0.250 e. The third-order valence-electron chi connectivity index (χ3n) is 7.09. The number of likely N-dealkylation sites (tertiary alicyclic amines) is 1. The average Bonchev–Trinajstić information content (AvgIpc) is 3.47. The molecule has 2 aromatic heterocycles. The molecule has 0 saturated carbocycles. The van der Waals surface area contributed by atoms with Gasteiger partial charge in [-0.05, 0) is 13.2 Å². The standard InChI is InChI=1S/C21H26N6O4S2/c1-9-13(16(20(30)31)27-15(9)14(10(2)28)17(27)29)12-7-25-8-26(19(32-3)18(25)33-12)11-4-5-24(6-11)21(22)23/h7-11,14-15,28H,4-6H2,1-3H3,(H3-,22,23,30,31)/t9-,10+,11-,14+,15+/m0/s1. The first-order valence-electron chi connectivity index (χ1n) is 10.8. The fourth-order valence-corrected chi connectivity index (χ4v) is 7.78. The summed E-state index contributed by atoms with van der Waals surface area (Å²) in [6.07, 6.45) is 5.97. The third-order valence-corrected chi connectivity index (χ3v) is 9.15. The number of amides is 1. The molecule has 0 radical (unpaired) electrons. The number of carbonyl (C=O) groups excluding carboxylic acids is 2. The highest BCUT2D eigenvalue weighted by molar-refractivity contribution is 7.98. The molecule has 10 nitrogen and oxygen atoms in total. The Balaban J connectivity index is 1.55. The lowest BCUT2D eigenvalue weighted by Gasteiger charge is -2.47.